The van der Waals surface area contributed by atoms with Gasteiger partial charge in [0, 0.05) is 44.7 Å². The zero-order valence-corrected chi connectivity index (χ0v) is 18.3. The van der Waals surface area contributed by atoms with Gasteiger partial charge < -0.3 is 19.7 Å². The van der Waals surface area contributed by atoms with Crippen molar-refractivity contribution in [3.8, 4) is 5.75 Å². The Morgan fingerprint density at radius 1 is 1.19 bits per heavy atom. The molecule has 0 radical (unpaired) electrons. The van der Waals surface area contributed by atoms with Crippen molar-refractivity contribution in [2.45, 2.75) is 44.9 Å². The Kier molecular flexibility index (Phi) is 7.28. The Morgan fingerprint density at radius 2 is 2.03 bits per heavy atom. The smallest absolute Gasteiger partial charge is 0.257 e. The van der Waals surface area contributed by atoms with Crippen molar-refractivity contribution in [1.82, 2.24) is 10.2 Å². The van der Waals surface area contributed by atoms with Crippen LogP contribution in [0.25, 0.3) is 0 Å². The maximum absolute atomic E-state index is 13.0. The van der Waals surface area contributed by atoms with Crippen LogP contribution in [0.1, 0.15) is 44.1 Å². The minimum atomic E-state index is -0.117. The predicted octanol–water partition coefficient (Wildman–Crippen LogP) is 3.11. The first-order valence-electron chi connectivity index (χ1n) is 11.6. The highest BCUT2D eigenvalue weighted by Gasteiger charge is 2.37. The summed E-state index contributed by atoms with van der Waals surface area (Å²) in [6.45, 7) is 3.65. The number of carbonyl (C=O) groups is 2. The molecule has 0 aliphatic carbocycles. The second kappa shape index (κ2) is 10.3. The fraction of sp³-hybridized carbons (Fsp3) is 0.600. The van der Waals surface area contributed by atoms with Gasteiger partial charge in [-0.1, -0.05) is 30.4 Å². The molecule has 2 saturated heterocycles. The highest BCUT2D eigenvalue weighted by atomic mass is 16.5. The first-order valence-corrected chi connectivity index (χ1v) is 11.6. The summed E-state index contributed by atoms with van der Waals surface area (Å²) in [6, 6.07) is 7.87. The summed E-state index contributed by atoms with van der Waals surface area (Å²) in [6.07, 6.45) is 10.6. The molecule has 1 aromatic carbocycles. The third-order valence-corrected chi connectivity index (χ3v) is 6.87. The Hall–Kier alpha value is -2.34. The molecule has 6 nitrogen and oxygen atoms in total. The first kappa shape index (κ1) is 21.9. The lowest BCUT2D eigenvalue weighted by molar-refractivity contribution is -0.136. The maximum atomic E-state index is 13.0. The molecule has 3 aliphatic rings. The Bertz CT molecular complexity index is 802. The van der Waals surface area contributed by atoms with Gasteiger partial charge in [-0.05, 0) is 56.1 Å². The van der Waals surface area contributed by atoms with E-state index in [0.717, 1.165) is 69.6 Å². The number of carbonyl (C=O) groups excluding carboxylic acids is 2. The van der Waals surface area contributed by atoms with Crippen LogP contribution < -0.4 is 10.1 Å². The molecule has 1 spiro atoms. The molecule has 0 aromatic heterocycles. The highest BCUT2D eigenvalue weighted by Crippen LogP contribution is 2.35. The fourth-order valence-electron chi connectivity index (χ4n) is 4.97. The zero-order valence-electron chi connectivity index (χ0n) is 18.3. The van der Waals surface area contributed by atoms with Crippen molar-refractivity contribution >= 4 is 11.8 Å². The van der Waals surface area contributed by atoms with Crippen LogP contribution in [0.3, 0.4) is 0 Å². The molecule has 168 valence electrons. The summed E-state index contributed by atoms with van der Waals surface area (Å²) in [4.78, 5) is 27.5. The van der Waals surface area contributed by atoms with E-state index in [2.05, 4.69) is 17.5 Å². The molecular formula is C25H34N2O4. The van der Waals surface area contributed by atoms with Gasteiger partial charge in [-0.3, -0.25) is 9.59 Å². The van der Waals surface area contributed by atoms with E-state index in [1.807, 2.05) is 29.2 Å². The molecule has 4 rings (SSSR count). The summed E-state index contributed by atoms with van der Waals surface area (Å²) in [5.41, 5.74) is 0.965. The molecule has 1 atom stereocenters. The molecular weight excluding hydrogens is 392 g/mol. The van der Waals surface area contributed by atoms with Gasteiger partial charge in [0.15, 0.2) is 6.61 Å². The van der Waals surface area contributed by atoms with Crippen LogP contribution >= 0.6 is 0 Å². The summed E-state index contributed by atoms with van der Waals surface area (Å²) in [5, 5.41) is 3.08. The second-order valence-corrected chi connectivity index (χ2v) is 9.23. The van der Waals surface area contributed by atoms with Crippen LogP contribution in [0.5, 0.6) is 5.75 Å². The number of nitrogens with one attached hydrogen (secondary N) is 1. The first-order chi connectivity index (χ1) is 15.1. The molecule has 1 N–H and O–H groups in total. The summed E-state index contributed by atoms with van der Waals surface area (Å²) < 4.78 is 11.2. The van der Waals surface area contributed by atoms with Crippen molar-refractivity contribution < 1.29 is 19.1 Å². The predicted molar refractivity (Wildman–Crippen MR) is 119 cm³/mol. The number of likely N-dealkylation sites (tertiary alicyclic amines) is 1. The Morgan fingerprint density at radius 3 is 2.90 bits per heavy atom. The third-order valence-electron chi connectivity index (χ3n) is 6.87. The standard InChI is InChI=1S/C25H34N2O4/c28-23-17-31-22-8-2-1-6-21(22)7-3-4-11-25(18-26-23)12-5-13-27(19-25)24(29)16-20-9-14-30-15-10-20/h1-4,6,8,20H,5,7,9-19H2,(H,26,28)/b4-3+. The minimum Gasteiger partial charge on any atom is -0.483 e. The average molecular weight is 427 g/mol. The summed E-state index contributed by atoms with van der Waals surface area (Å²) in [5.74, 6) is 1.35. The molecule has 1 aromatic rings. The van der Waals surface area contributed by atoms with Crippen LogP contribution in [-0.4, -0.2) is 56.2 Å². The van der Waals surface area contributed by atoms with E-state index in [4.69, 9.17) is 9.47 Å². The molecule has 6 heteroatoms. The molecule has 3 heterocycles. The number of benzene rings is 1. The van der Waals surface area contributed by atoms with E-state index in [9.17, 15) is 9.59 Å². The normalized spacial score (nSPS) is 26.7. The number of ether oxygens (including phenoxy) is 2. The quantitative estimate of drug-likeness (QED) is 0.738. The number of piperidine rings is 1. The lowest BCUT2D eigenvalue weighted by Crippen LogP contribution is -2.51. The van der Waals surface area contributed by atoms with Gasteiger partial charge in [-0.15, -0.1) is 0 Å². The minimum absolute atomic E-state index is 0.0171. The van der Waals surface area contributed by atoms with E-state index in [1.165, 1.54) is 0 Å². The van der Waals surface area contributed by atoms with Crippen LogP contribution in [0.4, 0.5) is 0 Å². The Labute approximate surface area is 185 Å². The molecule has 1 unspecified atom stereocenters. The van der Waals surface area contributed by atoms with Gasteiger partial charge in [-0.2, -0.15) is 0 Å². The number of hydrogen-bond acceptors (Lipinski definition) is 4. The van der Waals surface area contributed by atoms with Crippen molar-refractivity contribution in [3.63, 3.8) is 0 Å². The number of amides is 2. The van der Waals surface area contributed by atoms with Crippen LogP contribution in [0.2, 0.25) is 0 Å². The van der Waals surface area contributed by atoms with Gasteiger partial charge in [-0.25, -0.2) is 0 Å². The monoisotopic (exact) mass is 426 g/mol. The number of para-hydroxylation sites is 1. The largest absolute Gasteiger partial charge is 0.483 e. The van der Waals surface area contributed by atoms with Crippen molar-refractivity contribution in [2.75, 3.05) is 39.5 Å². The van der Waals surface area contributed by atoms with Crippen molar-refractivity contribution in [2.24, 2.45) is 11.3 Å². The van der Waals surface area contributed by atoms with Crippen molar-refractivity contribution in [1.29, 1.82) is 0 Å². The van der Waals surface area contributed by atoms with E-state index >= 15 is 0 Å². The average Bonchev–Trinajstić information content (AvgIpc) is 2.80. The van der Waals surface area contributed by atoms with Gasteiger partial charge in [0.1, 0.15) is 5.75 Å². The molecule has 3 aliphatic heterocycles. The number of rotatable bonds is 2. The van der Waals surface area contributed by atoms with E-state index in [1.54, 1.807) is 0 Å². The lowest BCUT2D eigenvalue weighted by atomic mass is 9.76. The molecule has 0 bridgehead atoms. The van der Waals surface area contributed by atoms with E-state index in [-0.39, 0.29) is 23.8 Å². The number of hydrogen-bond donors (Lipinski definition) is 1. The number of nitrogens with zero attached hydrogens (tertiary/aromatic N) is 1. The topological polar surface area (TPSA) is 67.9 Å². The zero-order chi connectivity index (χ0) is 21.5. The van der Waals surface area contributed by atoms with Crippen LogP contribution in [0.15, 0.2) is 36.4 Å². The Balaban J connectivity index is 1.44. The highest BCUT2D eigenvalue weighted by molar-refractivity contribution is 5.78. The molecule has 2 fully saturated rings. The van der Waals surface area contributed by atoms with Gasteiger partial charge >= 0.3 is 0 Å². The van der Waals surface area contributed by atoms with Gasteiger partial charge in [0.05, 0.1) is 0 Å². The maximum Gasteiger partial charge on any atom is 0.257 e. The van der Waals surface area contributed by atoms with Crippen LogP contribution in [0, 0.1) is 11.3 Å². The summed E-state index contributed by atoms with van der Waals surface area (Å²) in [7, 11) is 0. The molecule has 2 amide bonds. The fourth-order valence-corrected chi connectivity index (χ4v) is 4.97. The third kappa shape index (κ3) is 5.88. The molecule has 31 heavy (non-hydrogen) atoms. The summed E-state index contributed by atoms with van der Waals surface area (Å²) >= 11 is 0. The van der Waals surface area contributed by atoms with E-state index in [0.29, 0.717) is 25.4 Å². The number of allylic oxidation sites excluding steroid dienone is 2. The number of fused-ring (bicyclic) bond motifs is 1. The van der Waals surface area contributed by atoms with E-state index < -0.39 is 0 Å². The second-order valence-electron chi connectivity index (χ2n) is 9.23. The van der Waals surface area contributed by atoms with Crippen molar-refractivity contribution in [3.05, 3.63) is 42.0 Å². The van der Waals surface area contributed by atoms with Crippen LogP contribution in [-0.2, 0) is 20.7 Å². The van der Waals surface area contributed by atoms with Gasteiger partial charge in [0.2, 0.25) is 5.91 Å². The SMILES string of the molecule is O=C1COc2ccccc2C/C=C/CC2(CCCN(C(=O)CC3CCOCC3)C2)CN1. The molecule has 0 saturated carbocycles. The lowest BCUT2D eigenvalue weighted by Gasteiger charge is -2.43. The van der Waals surface area contributed by atoms with Gasteiger partial charge in [0.25, 0.3) is 5.91 Å².